The minimum atomic E-state index is -0.309. The number of amides is 2. The first-order valence-electron chi connectivity index (χ1n) is 9.17. The first-order valence-corrected chi connectivity index (χ1v) is 9.17. The lowest BCUT2D eigenvalue weighted by Gasteiger charge is -2.20. The molecule has 0 spiro atoms. The van der Waals surface area contributed by atoms with Crippen molar-refractivity contribution in [3.63, 3.8) is 0 Å². The number of likely N-dealkylation sites (N-methyl/N-ethyl adjacent to an activating group) is 1. The minimum Gasteiger partial charge on any atom is -0.495 e. The fourth-order valence-corrected chi connectivity index (χ4v) is 3.01. The van der Waals surface area contributed by atoms with Crippen LogP contribution in [0.25, 0.3) is 11.3 Å². The van der Waals surface area contributed by atoms with Gasteiger partial charge in [-0.15, -0.1) is 0 Å². The van der Waals surface area contributed by atoms with E-state index in [0.29, 0.717) is 29.2 Å². The van der Waals surface area contributed by atoms with Crippen molar-refractivity contribution in [1.82, 2.24) is 24.5 Å². The number of para-hydroxylation sites is 2. The molecule has 3 rings (SSSR count). The van der Waals surface area contributed by atoms with E-state index in [-0.39, 0.29) is 18.4 Å². The molecule has 9 heteroatoms. The highest BCUT2D eigenvalue weighted by Crippen LogP contribution is 2.24. The number of aromatic nitrogens is 4. The summed E-state index contributed by atoms with van der Waals surface area (Å²) in [6, 6.07) is 7.13. The number of carbonyl (C=O) groups is 2. The topological polar surface area (TPSA) is 94.3 Å². The maximum Gasteiger partial charge on any atom is 0.258 e. The number of nitrogens with one attached hydrogen (secondary N) is 1. The lowest BCUT2D eigenvalue weighted by molar-refractivity contribution is -0.116. The van der Waals surface area contributed by atoms with Crippen LogP contribution in [0, 0.1) is 0 Å². The highest BCUT2D eigenvalue weighted by Gasteiger charge is 2.24. The number of aryl methyl sites for hydroxylation is 2. The van der Waals surface area contributed by atoms with Crippen molar-refractivity contribution >= 4 is 17.5 Å². The standard InChI is InChI=1S/C20H24N6O3/c1-5-26(13-18(27)22-16-8-6-7-9-17(16)29-4)20(28)15-12-25(3)23-19(15)14-10-21-24(2)11-14/h6-12H,5,13H2,1-4H3,(H,22,27). The molecule has 0 fully saturated rings. The first-order chi connectivity index (χ1) is 13.9. The lowest BCUT2D eigenvalue weighted by atomic mass is 10.1. The molecule has 0 aliphatic rings. The third kappa shape index (κ3) is 4.45. The molecule has 0 aliphatic heterocycles. The van der Waals surface area contributed by atoms with Gasteiger partial charge in [-0.05, 0) is 19.1 Å². The van der Waals surface area contributed by atoms with Crippen LogP contribution in [0.3, 0.4) is 0 Å². The molecule has 152 valence electrons. The van der Waals surface area contributed by atoms with Gasteiger partial charge in [0.25, 0.3) is 5.91 Å². The molecule has 9 nitrogen and oxygen atoms in total. The van der Waals surface area contributed by atoms with Crippen molar-refractivity contribution in [3.05, 3.63) is 48.4 Å². The zero-order chi connectivity index (χ0) is 21.0. The highest BCUT2D eigenvalue weighted by atomic mass is 16.5. The molecule has 3 aromatic rings. The van der Waals surface area contributed by atoms with E-state index in [1.54, 1.807) is 60.2 Å². The number of carbonyl (C=O) groups excluding carboxylic acids is 2. The van der Waals surface area contributed by atoms with Gasteiger partial charge in [-0.25, -0.2) is 0 Å². The summed E-state index contributed by atoms with van der Waals surface area (Å²) < 4.78 is 8.48. The molecule has 1 N–H and O–H groups in total. The predicted octanol–water partition coefficient (Wildman–Crippen LogP) is 1.93. The predicted molar refractivity (Wildman–Crippen MR) is 109 cm³/mol. The van der Waals surface area contributed by atoms with Crippen LogP contribution in [0.5, 0.6) is 5.75 Å². The summed E-state index contributed by atoms with van der Waals surface area (Å²) in [6.07, 6.45) is 5.11. The summed E-state index contributed by atoms with van der Waals surface area (Å²) in [7, 11) is 5.09. The zero-order valence-corrected chi connectivity index (χ0v) is 16.9. The van der Waals surface area contributed by atoms with E-state index in [1.165, 1.54) is 12.0 Å². The number of nitrogens with zero attached hydrogens (tertiary/aromatic N) is 5. The van der Waals surface area contributed by atoms with Gasteiger partial charge in [-0.1, -0.05) is 12.1 Å². The van der Waals surface area contributed by atoms with E-state index < -0.39 is 0 Å². The molecular formula is C20H24N6O3. The Labute approximate surface area is 168 Å². The Balaban J connectivity index is 1.78. The van der Waals surface area contributed by atoms with Gasteiger partial charge in [0, 0.05) is 38.6 Å². The summed E-state index contributed by atoms with van der Waals surface area (Å²) in [6.45, 7) is 2.11. The van der Waals surface area contributed by atoms with Gasteiger partial charge < -0.3 is 15.0 Å². The molecule has 0 unspecified atom stereocenters. The second-order valence-corrected chi connectivity index (χ2v) is 6.54. The first kappa shape index (κ1) is 20.1. The second kappa shape index (κ2) is 8.59. The van der Waals surface area contributed by atoms with E-state index in [4.69, 9.17) is 4.74 Å². The van der Waals surface area contributed by atoms with Gasteiger partial charge in [0.05, 0.1) is 24.6 Å². The second-order valence-electron chi connectivity index (χ2n) is 6.54. The Hall–Kier alpha value is -3.62. The normalized spacial score (nSPS) is 10.6. The van der Waals surface area contributed by atoms with Gasteiger partial charge in [0.2, 0.25) is 5.91 Å². The third-order valence-electron chi connectivity index (χ3n) is 4.42. The molecule has 0 saturated heterocycles. The summed E-state index contributed by atoms with van der Waals surface area (Å²) in [5, 5.41) is 11.3. The fourth-order valence-electron chi connectivity index (χ4n) is 3.01. The monoisotopic (exact) mass is 396 g/mol. The third-order valence-corrected chi connectivity index (χ3v) is 4.42. The molecular weight excluding hydrogens is 372 g/mol. The minimum absolute atomic E-state index is 0.0885. The largest absolute Gasteiger partial charge is 0.495 e. The van der Waals surface area contributed by atoms with Crippen LogP contribution >= 0.6 is 0 Å². The highest BCUT2D eigenvalue weighted by molar-refractivity contribution is 6.02. The Morgan fingerprint density at radius 2 is 1.93 bits per heavy atom. The Bertz CT molecular complexity index is 1020. The molecule has 2 heterocycles. The van der Waals surface area contributed by atoms with Crippen LogP contribution < -0.4 is 10.1 Å². The van der Waals surface area contributed by atoms with E-state index in [2.05, 4.69) is 15.5 Å². The number of methoxy groups -OCH3 is 1. The molecule has 1 aromatic carbocycles. The van der Waals surface area contributed by atoms with Gasteiger partial charge >= 0.3 is 0 Å². The van der Waals surface area contributed by atoms with Gasteiger partial charge in [-0.2, -0.15) is 10.2 Å². The molecule has 0 bridgehead atoms. The lowest BCUT2D eigenvalue weighted by Crippen LogP contribution is -2.38. The zero-order valence-electron chi connectivity index (χ0n) is 16.9. The molecule has 0 aliphatic carbocycles. The summed E-state index contributed by atoms with van der Waals surface area (Å²) in [5.74, 6) is -0.0208. The number of anilines is 1. The summed E-state index contributed by atoms with van der Waals surface area (Å²) >= 11 is 0. The molecule has 2 aromatic heterocycles. The molecule has 29 heavy (non-hydrogen) atoms. The molecule has 2 amide bonds. The number of hydrogen-bond acceptors (Lipinski definition) is 5. The van der Waals surface area contributed by atoms with E-state index >= 15 is 0 Å². The van der Waals surface area contributed by atoms with E-state index in [0.717, 1.165) is 5.56 Å². The van der Waals surface area contributed by atoms with E-state index in [1.807, 2.05) is 13.0 Å². The average molecular weight is 396 g/mol. The van der Waals surface area contributed by atoms with Crippen LogP contribution in [-0.4, -0.2) is 56.5 Å². The van der Waals surface area contributed by atoms with Gasteiger partial charge in [0.1, 0.15) is 18.0 Å². The Morgan fingerprint density at radius 3 is 2.59 bits per heavy atom. The Morgan fingerprint density at radius 1 is 1.17 bits per heavy atom. The SMILES string of the molecule is CCN(CC(=O)Nc1ccccc1OC)C(=O)c1cn(C)nc1-c1cnn(C)c1. The van der Waals surface area contributed by atoms with Crippen molar-refractivity contribution in [1.29, 1.82) is 0 Å². The van der Waals surface area contributed by atoms with Crippen molar-refractivity contribution in [2.45, 2.75) is 6.92 Å². The Kier molecular flexibility index (Phi) is 5.96. The quantitative estimate of drug-likeness (QED) is 0.659. The number of rotatable bonds is 7. The van der Waals surface area contributed by atoms with Gasteiger partial charge in [0.15, 0.2) is 0 Å². The van der Waals surface area contributed by atoms with Crippen LogP contribution in [-0.2, 0) is 18.9 Å². The van der Waals surface area contributed by atoms with Crippen LogP contribution in [0.15, 0.2) is 42.9 Å². The van der Waals surface area contributed by atoms with Crippen molar-refractivity contribution in [2.24, 2.45) is 14.1 Å². The number of hydrogen-bond donors (Lipinski definition) is 1. The maximum absolute atomic E-state index is 13.1. The van der Waals surface area contributed by atoms with Gasteiger partial charge in [-0.3, -0.25) is 19.0 Å². The van der Waals surface area contributed by atoms with Crippen LogP contribution in [0.4, 0.5) is 5.69 Å². The van der Waals surface area contributed by atoms with E-state index in [9.17, 15) is 9.59 Å². The fraction of sp³-hybridized carbons (Fsp3) is 0.300. The molecule has 0 atom stereocenters. The average Bonchev–Trinajstić information content (AvgIpc) is 3.31. The number of benzene rings is 1. The van der Waals surface area contributed by atoms with Crippen LogP contribution in [0.1, 0.15) is 17.3 Å². The number of ether oxygens (including phenoxy) is 1. The maximum atomic E-state index is 13.1. The molecule has 0 saturated carbocycles. The smallest absolute Gasteiger partial charge is 0.258 e. The summed E-state index contributed by atoms with van der Waals surface area (Å²) in [5.41, 5.74) is 2.26. The van der Waals surface area contributed by atoms with Crippen molar-refractivity contribution in [2.75, 3.05) is 25.5 Å². The summed E-state index contributed by atoms with van der Waals surface area (Å²) in [4.78, 5) is 27.2. The van der Waals surface area contributed by atoms with Crippen molar-refractivity contribution in [3.8, 4) is 17.0 Å². The van der Waals surface area contributed by atoms with Crippen LogP contribution in [0.2, 0.25) is 0 Å². The van der Waals surface area contributed by atoms with Crippen molar-refractivity contribution < 1.29 is 14.3 Å². The molecule has 0 radical (unpaired) electrons.